The summed E-state index contributed by atoms with van der Waals surface area (Å²) in [6.45, 7) is 11.3. The molecule has 72 heavy (non-hydrogen) atoms. The van der Waals surface area contributed by atoms with E-state index in [2.05, 4.69) is 287 Å². The molecule has 0 heterocycles. The molecule has 1 unspecified atom stereocenters. The molecule has 1 nitrogen and oxygen atoms in total. The number of hydrogen-bond donors (Lipinski definition) is 0. The molecule has 3 aliphatic carbocycles. The highest BCUT2D eigenvalue weighted by molar-refractivity contribution is 6.02. The van der Waals surface area contributed by atoms with Crippen molar-refractivity contribution in [2.24, 2.45) is 0 Å². The Kier molecular flexibility index (Phi) is 10.2. The van der Waals surface area contributed by atoms with Crippen molar-refractivity contribution in [3.05, 3.63) is 300 Å². The van der Waals surface area contributed by atoms with Crippen molar-refractivity contribution in [1.82, 2.24) is 0 Å². The van der Waals surface area contributed by atoms with Crippen LogP contribution in [0, 0.1) is 0 Å². The molecule has 10 aromatic rings. The van der Waals surface area contributed by atoms with Crippen molar-refractivity contribution in [3.63, 3.8) is 0 Å². The van der Waals surface area contributed by atoms with Crippen molar-refractivity contribution in [2.75, 3.05) is 4.90 Å². The Morgan fingerprint density at radius 2 is 0.806 bits per heavy atom. The number of benzene rings is 10. The zero-order chi connectivity index (χ0) is 48.6. The van der Waals surface area contributed by atoms with E-state index >= 15 is 0 Å². The highest BCUT2D eigenvalue weighted by atomic mass is 15.1. The van der Waals surface area contributed by atoms with Crippen LogP contribution in [0.1, 0.15) is 54.2 Å². The van der Waals surface area contributed by atoms with Gasteiger partial charge in [-0.25, -0.2) is 0 Å². The van der Waals surface area contributed by atoms with Crippen LogP contribution in [0.2, 0.25) is 0 Å². The Labute approximate surface area is 424 Å². The Morgan fingerprint density at radius 1 is 0.361 bits per heavy atom. The van der Waals surface area contributed by atoms with Gasteiger partial charge in [0.1, 0.15) is 0 Å². The fraction of sp³-hybridized carbons (Fsp3) is 0.0704. The standard InChI is InChI=1S/C71H53N/c1-5-18-58-59-23-13-15-26-64(59)71(63(58)6-2)65-27-16-14-24-62(65)69-57(25-17-28-66(69)71)52-31-29-49(30-32-52)51-35-40-55(41-36-51)72(54-38-33-50(34-39-54)47-19-9-7-10-20-47)56-42-44-61-60-43-37-53(48-21-11-8-12-22-48)45-67(60)70(3,4)68(61)46-56/h5-46H,2H2,1,3-4H3/b18-5-. The lowest BCUT2D eigenvalue weighted by Crippen LogP contribution is -2.26. The van der Waals surface area contributed by atoms with Crippen LogP contribution in [0.4, 0.5) is 17.1 Å². The molecule has 1 heteroatoms. The van der Waals surface area contributed by atoms with Gasteiger partial charge in [0.05, 0.1) is 5.41 Å². The minimum Gasteiger partial charge on any atom is -0.310 e. The van der Waals surface area contributed by atoms with Crippen LogP contribution >= 0.6 is 0 Å². The normalized spacial score (nSPS) is 15.5. The number of nitrogens with zero attached hydrogens (tertiary/aromatic N) is 1. The summed E-state index contributed by atoms with van der Waals surface area (Å²) in [6.07, 6.45) is 6.51. The SMILES string of the molecule is C=CC1=C(/C=C\C)c2ccccc2C12c1ccccc1-c1c(-c3ccc(-c4ccc(N(c5ccc(-c6ccccc6)cc5)c5ccc6c(c5)C(C)(C)c5cc(-c7ccccc7)ccc5-6)cc4)cc3)cccc12. The molecule has 1 atom stereocenters. The minimum atomic E-state index is -0.442. The molecule has 0 saturated carbocycles. The van der Waals surface area contributed by atoms with Gasteiger partial charge in [-0.05, 0) is 161 Å². The van der Waals surface area contributed by atoms with E-state index in [0.717, 1.165) is 17.1 Å². The average molecular weight is 920 g/mol. The molecule has 0 radical (unpaired) electrons. The highest BCUT2D eigenvalue weighted by Crippen LogP contribution is 2.63. The highest BCUT2D eigenvalue weighted by Gasteiger charge is 2.52. The fourth-order valence-corrected chi connectivity index (χ4v) is 12.5. The van der Waals surface area contributed by atoms with Crippen LogP contribution in [0.15, 0.2) is 267 Å². The Hall–Kier alpha value is -8.78. The lowest BCUT2D eigenvalue weighted by atomic mass is 9.69. The minimum absolute atomic E-state index is 0.182. The van der Waals surface area contributed by atoms with Crippen molar-refractivity contribution in [1.29, 1.82) is 0 Å². The van der Waals surface area contributed by atoms with Gasteiger partial charge in [0.15, 0.2) is 0 Å². The Morgan fingerprint density at radius 3 is 1.42 bits per heavy atom. The van der Waals surface area contributed by atoms with Crippen molar-refractivity contribution in [2.45, 2.75) is 31.6 Å². The predicted molar refractivity (Wildman–Crippen MR) is 304 cm³/mol. The molecular formula is C71H53N. The first kappa shape index (κ1) is 43.3. The third-order valence-electron chi connectivity index (χ3n) is 15.8. The van der Waals surface area contributed by atoms with E-state index in [-0.39, 0.29) is 5.41 Å². The monoisotopic (exact) mass is 919 g/mol. The van der Waals surface area contributed by atoms with Gasteiger partial charge >= 0.3 is 0 Å². The summed E-state index contributed by atoms with van der Waals surface area (Å²) in [6, 6.07) is 87.6. The van der Waals surface area contributed by atoms with Crippen LogP contribution in [-0.2, 0) is 10.8 Å². The first-order chi connectivity index (χ1) is 35.4. The maximum atomic E-state index is 4.44. The summed E-state index contributed by atoms with van der Waals surface area (Å²) >= 11 is 0. The molecule has 342 valence electrons. The van der Waals surface area contributed by atoms with Crippen molar-refractivity contribution in [3.8, 4) is 66.8 Å². The second kappa shape index (κ2) is 17.0. The summed E-state index contributed by atoms with van der Waals surface area (Å²) in [5.41, 5.74) is 28.1. The Bertz CT molecular complexity index is 3810. The maximum absolute atomic E-state index is 4.44. The van der Waals surface area contributed by atoms with E-state index in [1.54, 1.807) is 0 Å². The van der Waals surface area contributed by atoms with E-state index in [9.17, 15) is 0 Å². The largest absolute Gasteiger partial charge is 0.310 e. The lowest BCUT2D eigenvalue weighted by Gasteiger charge is -2.31. The third kappa shape index (κ3) is 6.54. The first-order valence-electron chi connectivity index (χ1n) is 25.2. The van der Waals surface area contributed by atoms with E-state index < -0.39 is 5.41 Å². The van der Waals surface area contributed by atoms with Gasteiger partial charge in [-0.3, -0.25) is 0 Å². The molecule has 0 fully saturated rings. The smallest absolute Gasteiger partial charge is 0.0725 e. The van der Waals surface area contributed by atoms with Gasteiger partial charge < -0.3 is 4.90 Å². The van der Waals surface area contributed by atoms with E-state index in [4.69, 9.17) is 0 Å². The van der Waals surface area contributed by atoms with Gasteiger partial charge in [-0.1, -0.05) is 233 Å². The molecule has 0 aliphatic heterocycles. The van der Waals surface area contributed by atoms with Crippen LogP contribution in [0.5, 0.6) is 0 Å². The van der Waals surface area contributed by atoms with Gasteiger partial charge in [0, 0.05) is 22.5 Å². The summed E-state index contributed by atoms with van der Waals surface area (Å²) in [7, 11) is 0. The third-order valence-corrected chi connectivity index (χ3v) is 15.8. The van der Waals surface area contributed by atoms with Crippen LogP contribution in [0.3, 0.4) is 0 Å². The number of fused-ring (bicyclic) bond motifs is 10. The topological polar surface area (TPSA) is 3.24 Å². The van der Waals surface area contributed by atoms with Gasteiger partial charge in [-0.15, -0.1) is 0 Å². The van der Waals surface area contributed by atoms with Crippen molar-refractivity contribution < 1.29 is 0 Å². The molecule has 13 rings (SSSR count). The molecule has 1 spiro atoms. The molecule has 3 aliphatic rings. The number of hydrogen-bond acceptors (Lipinski definition) is 1. The fourth-order valence-electron chi connectivity index (χ4n) is 12.5. The number of anilines is 3. The number of allylic oxidation sites excluding steroid dienone is 5. The van der Waals surface area contributed by atoms with Crippen LogP contribution in [0.25, 0.3) is 72.3 Å². The predicted octanol–water partition coefficient (Wildman–Crippen LogP) is 19.0. The first-order valence-corrected chi connectivity index (χ1v) is 25.2. The molecule has 0 aromatic heterocycles. The summed E-state index contributed by atoms with van der Waals surface area (Å²) in [5.74, 6) is 0. The zero-order valence-electron chi connectivity index (χ0n) is 40.9. The second-order valence-corrected chi connectivity index (χ2v) is 20.0. The van der Waals surface area contributed by atoms with Crippen LogP contribution < -0.4 is 4.90 Å². The van der Waals surface area contributed by atoms with Gasteiger partial charge in [0.2, 0.25) is 0 Å². The maximum Gasteiger partial charge on any atom is 0.0725 e. The average Bonchev–Trinajstić information content (AvgIpc) is 3.99. The molecular weight excluding hydrogens is 867 g/mol. The molecule has 0 bridgehead atoms. The second-order valence-electron chi connectivity index (χ2n) is 20.0. The summed E-state index contributed by atoms with van der Waals surface area (Å²) < 4.78 is 0. The zero-order valence-corrected chi connectivity index (χ0v) is 40.9. The molecule has 0 amide bonds. The van der Waals surface area contributed by atoms with Crippen molar-refractivity contribution >= 4 is 22.6 Å². The van der Waals surface area contributed by atoms with Gasteiger partial charge in [-0.2, -0.15) is 0 Å². The van der Waals surface area contributed by atoms with E-state index in [1.807, 2.05) is 0 Å². The lowest BCUT2D eigenvalue weighted by molar-refractivity contribution is 0.660. The summed E-state index contributed by atoms with van der Waals surface area (Å²) in [5, 5.41) is 0. The summed E-state index contributed by atoms with van der Waals surface area (Å²) in [4.78, 5) is 2.41. The molecule has 0 saturated heterocycles. The number of rotatable bonds is 9. The van der Waals surface area contributed by atoms with Gasteiger partial charge in [0.25, 0.3) is 0 Å². The van der Waals surface area contributed by atoms with E-state index in [1.165, 1.54) is 111 Å². The van der Waals surface area contributed by atoms with Crippen LogP contribution in [-0.4, -0.2) is 0 Å². The Balaban J connectivity index is 0.863. The quantitative estimate of drug-likeness (QED) is 0.139. The molecule has 10 aromatic carbocycles. The van der Waals surface area contributed by atoms with E-state index in [0.29, 0.717) is 0 Å². The molecule has 0 N–H and O–H groups in total.